The van der Waals surface area contributed by atoms with Crippen LogP contribution in [0.5, 0.6) is 0 Å². The number of benzene rings is 2. The molecule has 5 nitrogen and oxygen atoms in total. The maximum absolute atomic E-state index is 14.8. The molecule has 1 aliphatic rings. The molecule has 3 aromatic rings. The van der Waals surface area contributed by atoms with Crippen LogP contribution < -0.4 is 5.43 Å². The van der Waals surface area contributed by atoms with E-state index in [0.717, 1.165) is 11.1 Å². The predicted molar refractivity (Wildman–Crippen MR) is 117 cm³/mol. The Morgan fingerprint density at radius 2 is 1.84 bits per heavy atom. The van der Waals surface area contributed by atoms with Gasteiger partial charge in [-0.05, 0) is 63.4 Å². The first-order valence-corrected chi connectivity index (χ1v) is 10.5. The highest BCUT2D eigenvalue weighted by Crippen LogP contribution is 2.39. The summed E-state index contributed by atoms with van der Waals surface area (Å²) in [6.45, 7) is 8.51. The van der Waals surface area contributed by atoms with Crippen molar-refractivity contribution in [3.05, 3.63) is 80.5 Å². The van der Waals surface area contributed by atoms with Gasteiger partial charge in [0.2, 0.25) is 5.76 Å². The Hall–Kier alpha value is -2.99. The average molecular weight is 423 g/mol. The number of hydrogen-bond acceptors (Lipinski definition) is 4. The predicted octanol–water partition coefficient (Wildman–Crippen LogP) is 4.91. The lowest BCUT2D eigenvalue weighted by Crippen LogP contribution is -2.32. The summed E-state index contributed by atoms with van der Waals surface area (Å²) in [4.78, 5) is 28.3. The molecule has 1 aliphatic heterocycles. The number of carbonyl (C=O) groups is 1. The van der Waals surface area contributed by atoms with Gasteiger partial charge in [0.05, 0.1) is 23.1 Å². The van der Waals surface area contributed by atoms with Crippen LogP contribution in [0.2, 0.25) is 0 Å². The lowest BCUT2D eigenvalue weighted by atomic mass is 9.97. The van der Waals surface area contributed by atoms with Crippen LogP contribution in [-0.2, 0) is 4.74 Å². The Kier molecular flexibility index (Phi) is 5.67. The summed E-state index contributed by atoms with van der Waals surface area (Å²) in [5.41, 5.74) is 2.49. The van der Waals surface area contributed by atoms with Gasteiger partial charge in [0.1, 0.15) is 11.4 Å². The molecule has 4 rings (SSSR count). The van der Waals surface area contributed by atoms with Crippen LogP contribution in [0.1, 0.15) is 59.1 Å². The van der Waals surface area contributed by atoms with Gasteiger partial charge in [0.15, 0.2) is 5.43 Å². The van der Waals surface area contributed by atoms with E-state index in [2.05, 4.69) is 0 Å². The number of nitrogens with zero attached hydrogens (tertiary/aromatic N) is 1. The molecule has 0 fully saturated rings. The molecule has 0 saturated heterocycles. The molecule has 1 aromatic heterocycles. The van der Waals surface area contributed by atoms with Crippen molar-refractivity contribution in [2.24, 2.45) is 0 Å². The maximum Gasteiger partial charge on any atom is 0.290 e. The Balaban J connectivity index is 1.86. The molecule has 0 aliphatic carbocycles. The third-order valence-corrected chi connectivity index (χ3v) is 5.78. The zero-order valence-electron chi connectivity index (χ0n) is 18.2. The minimum atomic E-state index is -0.829. The monoisotopic (exact) mass is 423 g/mol. The SMILES string of the molecule is Cc1cc2oc3c(c(=O)c2cc1C)[C@@H](c1ccccc1F)N(CCCOC(C)C)C3=O. The normalized spacial score (nSPS) is 15.9. The van der Waals surface area contributed by atoms with Crippen molar-refractivity contribution in [2.75, 3.05) is 13.2 Å². The van der Waals surface area contributed by atoms with Crippen molar-refractivity contribution in [3.63, 3.8) is 0 Å². The van der Waals surface area contributed by atoms with E-state index >= 15 is 0 Å². The molecule has 0 saturated carbocycles. The smallest absolute Gasteiger partial charge is 0.290 e. The maximum atomic E-state index is 14.8. The first kappa shape index (κ1) is 21.2. The second-order valence-electron chi connectivity index (χ2n) is 8.30. The lowest BCUT2D eigenvalue weighted by Gasteiger charge is -2.25. The van der Waals surface area contributed by atoms with Crippen LogP contribution in [0.3, 0.4) is 0 Å². The fourth-order valence-electron chi connectivity index (χ4n) is 4.08. The van der Waals surface area contributed by atoms with Gasteiger partial charge in [-0.1, -0.05) is 18.2 Å². The summed E-state index contributed by atoms with van der Waals surface area (Å²) >= 11 is 0. The van der Waals surface area contributed by atoms with Gasteiger partial charge in [-0.3, -0.25) is 9.59 Å². The van der Waals surface area contributed by atoms with E-state index in [1.807, 2.05) is 27.7 Å². The van der Waals surface area contributed by atoms with Crippen LogP contribution in [0.4, 0.5) is 4.39 Å². The van der Waals surface area contributed by atoms with Gasteiger partial charge >= 0.3 is 0 Å². The minimum absolute atomic E-state index is 0.00113. The standard InChI is InChI=1S/C25H26FNO4/c1-14(2)30-11-7-10-27-22(17-8-5-6-9-19(17)26)21-23(28)18-12-15(3)16(4)13-20(18)31-24(21)25(27)29/h5-6,8-9,12-14,22H,7,10-11H2,1-4H3/t22-/m1/s1. The van der Waals surface area contributed by atoms with Crippen LogP contribution in [0, 0.1) is 19.7 Å². The second-order valence-corrected chi connectivity index (χ2v) is 8.30. The summed E-state index contributed by atoms with van der Waals surface area (Å²) < 4.78 is 26.3. The van der Waals surface area contributed by atoms with Crippen LogP contribution >= 0.6 is 0 Å². The highest BCUT2D eigenvalue weighted by Gasteiger charge is 2.43. The molecule has 2 heterocycles. The Morgan fingerprint density at radius 1 is 1.13 bits per heavy atom. The van der Waals surface area contributed by atoms with Gasteiger partial charge < -0.3 is 14.1 Å². The molecular formula is C25H26FNO4. The van der Waals surface area contributed by atoms with E-state index in [1.165, 1.54) is 11.0 Å². The highest BCUT2D eigenvalue weighted by molar-refractivity contribution is 5.99. The number of rotatable bonds is 6. The van der Waals surface area contributed by atoms with Crippen LogP contribution in [0.25, 0.3) is 11.0 Å². The summed E-state index contributed by atoms with van der Waals surface area (Å²) in [6.07, 6.45) is 0.642. The molecule has 0 radical (unpaired) electrons. The Bertz CT molecular complexity index is 1210. The molecule has 6 heteroatoms. The molecule has 0 bridgehead atoms. The van der Waals surface area contributed by atoms with E-state index in [4.69, 9.17) is 9.15 Å². The molecule has 31 heavy (non-hydrogen) atoms. The molecule has 0 N–H and O–H groups in total. The zero-order chi connectivity index (χ0) is 22.3. The Morgan fingerprint density at radius 3 is 2.55 bits per heavy atom. The second kappa shape index (κ2) is 8.27. The van der Waals surface area contributed by atoms with Crippen LogP contribution in [-0.4, -0.2) is 30.1 Å². The average Bonchev–Trinajstić information content (AvgIpc) is 2.99. The molecule has 0 unspecified atom stereocenters. The lowest BCUT2D eigenvalue weighted by molar-refractivity contribution is 0.0592. The van der Waals surface area contributed by atoms with Gasteiger partial charge in [0, 0.05) is 18.7 Å². The fraction of sp³-hybridized carbons (Fsp3) is 0.360. The topological polar surface area (TPSA) is 59.8 Å². The first-order valence-electron chi connectivity index (χ1n) is 10.5. The van der Waals surface area contributed by atoms with Crippen molar-refractivity contribution in [2.45, 2.75) is 46.3 Å². The van der Waals surface area contributed by atoms with E-state index in [-0.39, 0.29) is 28.4 Å². The Labute approximate surface area is 180 Å². The van der Waals surface area contributed by atoms with E-state index in [0.29, 0.717) is 30.5 Å². The van der Waals surface area contributed by atoms with Crippen molar-refractivity contribution >= 4 is 16.9 Å². The first-order chi connectivity index (χ1) is 14.8. The molecule has 162 valence electrons. The number of halogens is 1. The highest BCUT2D eigenvalue weighted by atomic mass is 19.1. The van der Waals surface area contributed by atoms with Gasteiger partial charge in [0.25, 0.3) is 5.91 Å². The molecule has 2 aromatic carbocycles. The third-order valence-electron chi connectivity index (χ3n) is 5.78. The summed E-state index contributed by atoms with van der Waals surface area (Å²) in [7, 11) is 0. The van der Waals surface area contributed by atoms with Gasteiger partial charge in [-0.25, -0.2) is 4.39 Å². The quantitative estimate of drug-likeness (QED) is 0.529. The summed E-state index contributed by atoms with van der Waals surface area (Å²) in [5, 5.41) is 0.404. The number of hydrogen-bond donors (Lipinski definition) is 0. The number of aryl methyl sites for hydroxylation is 2. The molecule has 1 atom stereocenters. The van der Waals surface area contributed by atoms with Crippen molar-refractivity contribution < 1.29 is 18.3 Å². The van der Waals surface area contributed by atoms with Crippen molar-refractivity contribution in [3.8, 4) is 0 Å². The van der Waals surface area contributed by atoms with Gasteiger partial charge in [-0.2, -0.15) is 0 Å². The number of carbonyl (C=O) groups excluding carboxylic acids is 1. The van der Waals surface area contributed by atoms with Gasteiger partial charge in [-0.15, -0.1) is 0 Å². The molecule has 1 amide bonds. The summed E-state index contributed by atoms with van der Waals surface area (Å²) in [6, 6.07) is 8.97. The molecule has 0 spiro atoms. The largest absolute Gasteiger partial charge is 0.450 e. The summed E-state index contributed by atoms with van der Waals surface area (Å²) in [5.74, 6) is -0.861. The van der Waals surface area contributed by atoms with Crippen LogP contribution in [0.15, 0.2) is 45.6 Å². The van der Waals surface area contributed by atoms with E-state index in [9.17, 15) is 14.0 Å². The van der Waals surface area contributed by atoms with E-state index < -0.39 is 17.8 Å². The number of amides is 1. The minimum Gasteiger partial charge on any atom is -0.450 e. The van der Waals surface area contributed by atoms with Crippen molar-refractivity contribution in [1.82, 2.24) is 4.90 Å². The third kappa shape index (κ3) is 3.76. The number of ether oxygens (including phenoxy) is 1. The molecular weight excluding hydrogens is 397 g/mol. The fourth-order valence-corrected chi connectivity index (χ4v) is 4.08. The van der Waals surface area contributed by atoms with E-state index in [1.54, 1.807) is 30.3 Å². The van der Waals surface area contributed by atoms with Crippen molar-refractivity contribution in [1.29, 1.82) is 0 Å². The number of fused-ring (bicyclic) bond motifs is 2. The zero-order valence-corrected chi connectivity index (χ0v) is 18.2.